The number of amides is 2. The van der Waals surface area contributed by atoms with Crippen LogP contribution in [0.5, 0.6) is 0 Å². The van der Waals surface area contributed by atoms with Crippen LogP contribution in [0.3, 0.4) is 0 Å². The summed E-state index contributed by atoms with van der Waals surface area (Å²) < 4.78 is 11.3. The van der Waals surface area contributed by atoms with Gasteiger partial charge in [0.1, 0.15) is 0 Å². The number of hydrogen-bond donors (Lipinski definition) is 2. The summed E-state index contributed by atoms with van der Waals surface area (Å²) in [6.45, 7) is 7.87. The van der Waals surface area contributed by atoms with Crippen molar-refractivity contribution >= 4 is 59.9 Å². The zero-order valence-corrected chi connectivity index (χ0v) is 20.3. The Kier molecular flexibility index (Phi) is 10.00. The second-order valence-electron chi connectivity index (χ2n) is 7.84. The average molecular weight is 489 g/mol. The first-order valence-electron chi connectivity index (χ1n) is 10.1. The Hall–Kier alpha value is -1.42. The number of thioether (sulfide) groups is 1. The molecule has 11 heteroatoms. The first kappa shape index (κ1) is 25.8. The molecule has 2 rings (SSSR count). The van der Waals surface area contributed by atoms with Gasteiger partial charge < -0.3 is 19.9 Å². The van der Waals surface area contributed by atoms with Crippen LogP contribution >= 0.6 is 35.0 Å². The van der Waals surface area contributed by atoms with Gasteiger partial charge in [-0.15, -0.1) is 11.8 Å². The van der Waals surface area contributed by atoms with E-state index in [0.29, 0.717) is 18.1 Å². The van der Waals surface area contributed by atoms with E-state index in [0.717, 1.165) is 0 Å². The van der Waals surface area contributed by atoms with Crippen LogP contribution < -0.4 is 10.6 Å². The zero-order valence-electron chi connectivity index (χ0n) is 17.9. The van der Waals surface area contributed by atoms with E-state index in [-0.39, 0.29) is 39.5 Å². The van der Waals surface area contributed by atoms with Crippen LogP contribution in [-0.4, -0.2) is 54.5 Å². The molecule has 1 saturated heterocycles. The molecule has 3 atom stereocenters. The molecule has 1 heterocycles. The summed E-state index contributed by atoms with van der Waals surface area (Å²) in [5.74, 6) is -1.67. The van der Waals surface area contributed by atoms with Crippen LogP contribution in [0.25, 0.3) is 0 Å². The smallest absolute Gasteiger partial charge is 0.507 e. The van der Waals surface area contributed by atoms with E-state index < -0.39 is 24.9 Å². The summed E-state index contributed by atoms with van der Waals surface area (Å²) >= 11 is 13.4. The molecule has 1 fully saturated rings. The molecule has 0 bridgehead atoms. The largest absolute Gasteiger partial charge is 0.551 e. The van der Waals surface area contributed by atoms with Gasteiger partial charge in [0.25, 0.3) is 5.91 Å². The lowest BCUT2D eigenvalue weighted by atomic mass is 9.73. The fourth-order valence-electron chi connectivity index (χ4n) is 3.05. The van der Waals surface area contributed by atoms with Crippen molar-refractivity contribution < 1.29 is 23.7 Å². The van der Waals surface area contributed by atoms with Gasteiger partial charge in [0.05, 0.1) is 28.3 Å². The lowest BCUT2D eigenvalue weighted by molar-refractivity contribution is -0.135. The highest BCUT2D eigenvalue weighted by atomic mass is 35.5. The van der Waals surface area contributed by atoms with E-state index in [1.807, 2.05) is 20.8 Å². The lowest BCUT2D eigenvalue weighted by Crippen LogP contribution is -2.54. The first-order chi connectivity index (χ1) is 14.6. The van der Waals surface area contributed by atoms with Gasteiger partial charge in [-0.3, -0.25) is 14.4 Å². The summed E-state index contributed by atoms with van der Waals surface area (Å²) in [4.78, 5) is 37.2. The van der Waals surface area contributed by atoms with Gasteiger partial charge in [-0.1, -0.05) is 44.0 Å². The minimum Gasteiger partial charge on any atom is -0.507 e. The molecule has 1 aliphatic rings. The Labute approximate surface area is 197 Å². The predicted molar refractivity (Wildman–Crippen MR) is 124 cm³/mol. The second kappa shape index (κ2) is 12.0. The summed E-state index contributed by atoms with van der Waals surface area (Å²) in [5, 5.41) is 5.74. The van der Waals surface area contributed by atoms with Crippen molar-refractivity contribution in [1.29, 1.82) is 0 Å². The van der Waals surface area contributed by atoms with Gasteiger partial charge in [0.2, 0.25) is 5.91 Å². The molecule has 0 saturated carbocycles. The topological polar surface area (TPSA) is 93.7 Å². The van der Waals surface area contributed by atoms with E-state index in [4.69, 9.17) is 32.5 Å². The van der Waals surface area contributed by atoms with E-state index in [9.17, 15) is 14.4 Å². The zero-order chi connectivity index (χ0) is 23.1. The van der Waals surface area contributed by atoms with Crippen molar-refractivity contribution in [2.24, 2.45) is 5.92 Å². The van der Waals surface area contributed by atoms with E-state index in [2.05, 4.69) is 10.6 Å². The summed E-state index contributed by atoms with van der Waals surface area (Å²) in [5.41, 5.74) is 0.179. The standard InChI is InChI=1S/C20H27BCl2N2O5S/c1-11(2)7-17(21-29-10-12(3)31-13(4)20(28)30-21)25-18(26)9-24-19(27)15-8-14(22)5-6-16(15)23/h5-6,8,11-13,17H,7,9-10H2,1-4H3,(H,24,27)(H,25,26)/t12-,13-,17+/m1/s1. The van der Waals surface area contributed by atoms with Gasteiger partial charge in [-0.05, 0) is 37.5 Å². The highest BCUT2D eigenvalue weighted by Crippen LogP contribution is 2.24. The Morgan fingerprint density at radius 1 is 1.29 bits per heavy atom. The van der Waals surface area contributed by atoms with Crippen LogP contribution in [0, 0.1) is 5.92 Å². The second-order valence-corrected chi connectivity index (χ2v) is 10.5. The first-order valence-corrected chi connectivity index (χ1v) is 11.8. The van der Waals surface area contributed by atoms with Gasteiger partial charge in [0, 0.05) is 16.9 Å². The summed E-state index contributed by atoms with van der Waals surface area (Å²) in [7, 11) is -0.900. The number of halogens is 2. The van der Waals surface area contributed by atoms with Crippen LogP contribution in [0.1, 0.15) is 44.5 Å². The maximum Gasteiger partial charge on any atom is 0.551 e. The monoisotopic (exact) mass is 488 g/mol. The molecule has 1 aromatic carbocycles. The van der Waals surface area contributed by atoms with Gasteiger partial charge in [-0.2, -0.15) is 0 Å². The van der Waals surface area contributed by atoms with Crippen molar-refractivity contribution in [1.82, 2.24) is 10.6 Å². The average Bonchev–Trinajstić information content (AvgIpc) is 2.69. The maximum absolute atomic E-state index is 12.5. The number of nitrogens with one attached hydrogen (secondary N) is 2. The van der Waals surface area contributed by atoms with Crippen molar-refractivity contribution in [2.75, 3.05) is 13.2 Å². The number of carbonyl (C=O) groups excluding carboxylic acids is 3. The normalized spacial score (nSPS) is 20.5. The van der Waals surface area contributed by atoms with Gasteiger partial charge >= 0.3 is 13.1 Å². The van der Waals surface area contributed by atoms with Gasteiger partial charge in [-0.25, -0.2) is 0 Å². The fourth-order valence-corrected chi connectivity index (χ4v) is 4.44. The molecule has 0 aromatic heterocycles. The molecule has 0 spiro atoms. The molecule has 7 nitrogen and oxygen atoms in total. The van der Waals surface area contributed by atoms with Crippen molar-refractivity contribution in [3.63, 3.8) is 0 Å². The SMILES string of the molecule is CC(C)C[C@H](NC(=O)CNC(=O)c1cc(Cl)ccc1Cl)B1OC[C@@H](C)S[C@H](C)C(=O)O1. The quantitative estimate of drug-likeness (QED) is 0.571. The summed E-state index contributed by atoms with van der Waals surface area (Å²) in [6.07, 6.45) is 0.535. The highest BCUT2D eigenvalue weighted by Gasteiger charge is 2.39. The Bertz CT molecular complexity index is 814. The summed E-state index contributed by atoms with van der Waals surface area (Å²) in [6, 6.07) is 4.51. The molecule has 0 radical (unpaired) electrons. The number of carbonyl (C=O) groups is 3. The van der Waals surface area contributed by atoms with Crippen LogP contribution in [0.15, 0.2) is 18.2 Å². The molecular formula is C20H27BCl2N2O5S. The maximum atomic E-state index is 12.5. The van der Waals surface area contributed by atoms with Crippen molar-refractivity contribution in [3.8, 4) is 0 Å². The van der Waals surface area contributed by atoms with Crippen LogP contribution in [-0.2, 0) is 18.9 Å². The number of benzene rings is 1. The van der Waals surface area contributed by atoms with Gasteiger partial charge in [0.15, 0.2) is 0 Å². The highest BCUT2D eigenvalue weighted by molar-refractivity contribution is 8.01. The molecule has 2 amide bonds. The third-order valence-electron chi connectivity index (χ3n) is 4.48. The lowest BCUT2D eigenvalue weighted by Gasteiger charge is -2.30. The fraction of sp³-hybridized carbons (Fsp3) is 0.550. The Morgan fingerprint density at radius 2 is 2.00 bits per heavy atom. The Balaban J connectivity index is 2.02. The molecule has 2 N–H and O–H groups in total. The molecule has 0 aliphatic carbocycles. The van der Waals surface area contributed by atoms with Crippen LogP contribution in [0.2, 0.25) is 10.0 Å². The minimum atomic E-state index is -0.900. The molecule has 1 aromatic rings. The molecule has 0 unspecified atom stereocenters. The Morgan fingerprint density at radius 3 is 2.68 bits per heavy atom. The van der Waals surface area contributed by atoms with Crippen LogP contribution in [0.4, 0.5) is 0 Å². The molecular weight excluding hydrogens is 462 g/mol. The molecule has 1 aliphatic heterocycles. The molecule has 31 heavy (non-hydrogen) atoms. The third kappa shape index (κ3) is 8.22. The van der Waals surface area contributed by atoms with Crippen molar-refractivity contribution in [3.05, 3.63) is 33.8 Å². The number of hydrogen-bond acceptors (Lipinski definition) is 6. The van der Waals surface area contributed by atoms with E-state index in [1.54, 1.807) is 13.0 Å². The van der Waals surface area contributed by atoms with E-state index in [1.165, 1.54) is 23.9 Å². The van der Waals surface area contributed by atoms with Crippen molar-refractivity contribution in [2.45, 2.75) is 50.6 Å². The van der Waals surface area contributed by atoms with E-state index >= 15 is 0 Å². The predicted octanol–water partition coefficient (Wildman–Crippen LogP) is 3.37. The third-order valence-corrected chi connectivity index (χ3v) is 6.24. The minimum absolute atomic E-state index is 0.113. The number of rotatable bonds is 7. The molecule has 170 valence electrons.